The van der Waals surface area contributed by atoms with Gasteiger partial charge in [-0.2, -0.15) is 5.10 Å². The van der Waals surface area contributed by atoms with Crippen molar-refractivity contribution in [2.24, 2.45) is 0 Å². The largest absolute Gasteiger partial charge is 0.387 e. The van der Waals surface area contributed by atoms with Gasteiger partial charge < -0.3 is 15.1 Å². The summed E-state index contributed by atoms with van der Waals surface area (Å²) in [5, 5.41) is 20.9. The number of amides is 5. The van der Waals surface area contributed by atoms with Gasteiger partial charge in [0, 0.05) is 89.2 Å². The van der Waals surface area contributed by atoms with Gasteiger partial charge in [0.15, 0.2) is 5.01 Å². The summed E-state index contributed by atoms with van der Waals surface area (Å²) in [6.45, 7) is 10.8. The minimum Gasteiger partial charge on any atom is -0.387 e. The van der Waals surface area contributed by atoms with E-state index in [1.54, 1.807) is 40.2 Å². The lowest BCUT2D eigenvalue weighted by molar-refractivity contribution is -0.136. The summed E-state index contributed by atoms with van der Waals surface area (Å²) in [4.78, 5) is 79.5. The monoisotopic (exact) mass is 840 g/mol. The predicted molar refractivity (Wildman–Crippen MR) is 227 cm³/mol. The van der Waals surface area contributed by atoms with Crippen LogP contribution < -0.4 is 15.5 Å². The molecular formula is C43H44N12O5S. The SMILES string of the molecule is [C-]#[N+]c1cnn2c(-c3cc(NC)c(-c4nnc(C5CCC(N(C)C(=O)CCN6CCN(c7ccc8c(c7)C(=O)N(C7CCC(=O)NC7=O)C8=O)CC6)CC5)s4)cn3)ccc2c1. The number of hydrogen-bond donors (Lipinski definition) is 2. The number of imide groups is 2. The van der Waals surface area contributed by atoms with Gasteiger partial charge in [-0.3, -0.25) is 44.1 Å². The molecule has 61 heavy (non-hydrogen) atoms. The number of piperazine rings is 1. The van der Waals surface area contributed by atoms with Crippen molar-refractivity contribution in [2.45, 2.75) is 62.9 Å². The van der Waals surface area contributed by atoms with Crippen LogP contribution in [0, 0.1) is 6.57 Å². The zero-order chi connectivity index (χ0) is 42.4. The summed E-state index contributed by atoms with van der Waals surface area (Å²) in [7, 11) is 3.79. The summed E-state index contributed by atoms with van der Waals surface area (Å²) in [6, 6.07) is 12.0. The molecule has 17 nitrogen and oxygen atoms in total. The lowest BCUT2D eigenvalue weighted by Gasteiger charge is -2.37. The first-order valence-electron chi connectivity index (χ1n) is 20.6. The second kappa shape index (κ2) is 16.5. The maximum absolute atomic E-state index is 13.4. The number of benzene rings is 1. The van der Waals surface area contributed by atoms with E-state index in [0.717, 1.165) is 87.5 Å². The van der Waals surface area contributed by atoms with Crippen LogP contribution in [0.25, 0.3) is 32.3 Å². The van der Waals surface area contributed by atoms with E-state index in [-0.39, 0.29) is 41.8 Å². The number of carbonyl (C=O) groups excluding carboxylic acids is 5. The number of rotatable bonds is 10. The highest BCUT2D eigenvalue weighted by Gasteiger charge is 2.45. The Morgan fingerprint density at radius 3 is 2.48 bits per heavy atom. The summed E-state index contributed by atoms with van der Waals surface area (Å²) >= 11 is 1.59. The normalized spacial score (nSPS) is 20.8. The van der Waals surface area contributed by atoms with Gasteiger partial charge in [0.05, 0.1) is 46.4 Å². The third-order valence-electron chi connectivity index (χ3n) is 12.5. The zero-order valence-electron chi connectivity index (χ0n) is 33.8. The Labute approximate surface area is 355 Å². The van der Waals surface area contributed by atoms with Crippen LogP contribution in [-0.2, 0) is 14.4 Å². The third kappa shape index (κ3) is 7.59. The molecule has 5 amide bonds. The molecule has 1 unspecified atom stereocenters. The van der Waals surface area contributed by atoms with Crippen LogP contribution in [-0.4, -0.2) is 128 Å². The van der Waals surface area contributed by atoms with E-state index in [1.165, 1.54) is 0 Å². The summed E-state index contributed by atoms with van der Waals surface area (Å²) in [5.41, 5.74) is 5.99. The van der Waals surface area contributed by atoms with Gasteiger partial charge in [0.25, 0.3) is 11.8 Å². The quantitative estimate of drug-likeness (QED) is 0.148. The summed E-state index contributed by atoms with van der Waals surface area (Å²) < 4.78 is 1.78. The standard InChI is InChI=1S/C43H44N12O5S/c1-44-26-20-29-9-11-35(55(29)47-23-26)34-22-33(45-2)32(24-46-34)41-50-49-40(61-41)25-4-6-27(7-5-25)51(3)38(57)14-15-52-16-18-53(19-17-52)28-8-10-30-31(21-28)43(60)54(42(30)59)36-12-13-37(56)48-39(36)58/h8-11,20-25,27,36H,4-7,12-19H2,2-3H3,(H,45,46)(H,48,56,58). The number of fused-ring (bicyclic) bond motifs is 2. The topological polar surface area (TPSA) is 183 Å². The van der Waals surface area contributed by atoms with Crippen molar-refractivity contribution in [3.63, 3.8) is 0 Å². The highest BCUT2D eigenvalue weighted by atomic mass is 32.1. The molecule has 5 aromatic rings. The molecule has 1 atom stereocenters. The molecule has 312 valence electrons. The number of nitrogens with one attached hydrogen (secondary N) is 2. The van der Waals surface area contributed by atoms with E-state index in [9.17, 15) is 24.0 Å². The van der Waals surface area contributed by atoms with Crippen molar-refractivity contribution in [3.05, 3.63) is 82.4 Å². The molecule has 3 fully saturated rings. The first-order valence-corrected chi connectivity index (χ1v) is 21.4. The molecule has 7 heterocycles. The van der Waals surface area contributed by atoms with Gasteiger partial charge in [0.1, 0.15) is 11.0 Å². The van der Waals surface area contributed by atoms with Crippen LogP contribution in [0.1, 0.15) is 76.6 Å². The minimum atomic E-state index is -0.995. The Morgan fingerprint density at radius 2 is 1.72 bits per heavy atom. The fourth-order valence-electron chi connectivity index (χ4n) is 8.95. The van der Waals surface area contributed by atoms with E-state index in [4.69, 9.17) is 11.6 Å². The molecule has 1 aliphatic carbocycles. The second-order valence-corrected chi connectivity index (χ2v) is 17.0. The van der Waals surface area contributed by atoms with Crippen LogP contribution >= 0.6 is 11.3 Å². The fourth-order valence-corrected chi connectivity index (χ4v) is 9.99. The molecule has 4 aliphatic rings. The molecule has 0 radical (unpaired) electrons. The maximum Gasteiger partial charge on any atom is 0.262 e. The van der Waals surface area contributed by atoms with Crippen molar-refractivity contribution in [2.75, 3.05) is 57.0 Å². The Morgan fingerprint density at radius 1 is 0.934 bits per heavy atom. The fraction of sp³-hybridized carbons (Fsp3) is 0.395. The average Bonchev–Trinajstić information content (AvgIpc) is 4.02. The molecule has 9 rings (SSSR count). The number of pyridine rings is 1. The van der Waals surface area contributed by atoms with Gasteiger partial charge in [-0.05, 0) is 74.6 Å². The van der Waals surface area contributed by atoms with Crippen molar-refractivity contribution >= 4 is 63.5 Å². The molecule has 3 aliphatic heterocycles. The predicted octanol–water partition coefficient (Wildman–Crippen LogP) is 4.61. The zero-order valence-corrected chi connectivity index (χ0v) is 34.7. The van der Waals surface area contributed by atoms with Gasteiger partial charge in [-0.1, -0.05) is 11.3 Å². The lowest BCUT2D eigenvalue weighted by Crippen LogP contribution is -2.54. The molecule has 0 bridgehead atoms. The number of aromatic nitrogens is 5. The molecule has 1 aromatic carbocycles. The van der Waals surface area contributed by atoms with Gasteiger partial charge in [0.2, 0.25) is 23.4 Å². The first-order chi connectivity index (χ1) is 29.6. The number of anilines is 2. The third-order valence-corrected chi connectivity index (χ3v) is 13.6. The van der Waals surface area contributed by atoms with Gasteiger partial charge in [-0.25, -0.2) is 9.36 Å². The summed E-state index contributed by atoms with van der Waals surface area (Å²) in [6.07, 6.45) is 7.64. The molecular weight excluding hydrogens is 797 g/mol. The van der Waals surface area contributed by atoms with E-state index >= 15 is 0 Å². The van der Waals surface area contributed by atoms with E-state index in [0.29, 0.717) is 31.7 Å². The molecule has 0 spiro atoms. The van der Waals surface area contributed by atoms with Gasteiger partial charge in [-0.15, -0.1) is 10.2 Å². The van der Waals surface area contributed by atoms with Crippen molar-refractivity contribution in [1.82, 2.24) is 44.8 Å². The molecule has 1 saturated carbocycles. The Balaban J connectivity index is 0.744. The smallest absolute Gasteiger partial charge is 0.262 e. The number of piperidine rings is 1. The number of carbonyl (C=O) groups is 5. The molecule has 2 N–H and O–H groups in total. The minimum absolute atomic E-state index is 0.0760. The van der Waals surface area contributed by atoms with Crippen LogP contribution in [0.15, 0.2) is 54.9 Å². The first kappa shape index (κ1) is 39.9. The Hall–Kier alpha value is -6.58. The van der Waals surface area contributed by atoms with Crippen molar-refractivity contribution < 1.29 is 24.0 Å². The molecule has 2 saturated heterocycles. The highest BCUT2D eigenvalue weighted by Crippen LogP contribution is 2.40. The number of hydrogen-bond acceptors (Lipinski definition) is 13. The van der Waals surface area contributed by atoms with Gasteiger partial charge >= 0.3 is 0 Å². The van der Waals surface area contributed by atoms with E-state index < -0.39 is 29.7 Å². The number of nitrogens with zero attached hydrogens (tertiary/aromatic N) is 10. The van der Waals surface area contributed by atoms with Crippen LogP contribution in [0.5, 0.6) is 0 Å². The summed E-state index contributed by atoms with van der Waals surface area (Å²) in [5.74, 6) is -1.64. The van der Waals surface area contributed by atoms with E-state index in [1.807, 2.05) is 49.5 Å². The van der Waals surface area contributed by atoms with Crippen LogP contribution in [0.4, 0.5) is 17.1 Å². The van der Waals surface area contributed by atoms with Crippen LogP contribution in [0.2, 0.25) is 0 Å². The maximum atomic E-state index is 13.4. The van der Waals surface area contributed by atoms with E-state index in [2.05, 4.69) is 40.6 Å². The second-order valence-electron chi connectivity index (χ2n) is 16.0. The Kier molecular flexibility index (Phi) is 10.8. The molecule has 4 aromatic heterocycles. The van der Waals surface area contributed by atoms with Crippen molar-refractivity contribution in [3.8, 4) is 22.0 Å². The lowest BCUT2D eigenvalue weighted by atomic mass is 9.86. The Bertz CT molecular complexity index is 2620. The highest BCUT2D eigenvalue weighted by molar-refractivity contribution is 7.14. The van der Waals surface area contributed by atoms with Crippen LogP contribution in [0.3, 0.4) is 0 Å². The molecule has 18 heteroatoms. The average molecular weight is 841 g/mol. The van der Waals surface area contributed by atoms with Crippen molar-refractivity contribution in [1.29, 1.82) is 0 Å².